The molecule has 0 amide bonds. The van der Waals surface area contributed by atoms with Crippen LogP contribution in [0, 0.1) is 5.41 Å². The molecule has 1 aliphatic rings. The number of rotatable bonds is 4. The second-order valence-corrected chi connectivity index (χ2v) is 4.99. The Hall–Kier alpha value is -1.38. The number of nitrogens with zero attached hydrogens (tertiary/aromatic N) is 1. The maximum Gasteiger partial charge on any atom is 0.143 e. The van der Waals surface area contributed by atoms with Crippen molar-refractivity contribution in [2.75, 3.05) is 30.8 Å². The fourth-order valence-electron chi connectivity index (χ4n) is 2.54. The standard InChI is InChI=1S/C14H22N2O/c1-4-14(5-2)9-16(10-14)11-6-7-12(15)13(8-11)17-3/h6-8H,4-5,9-10,15H2,1-3H3. The minimum atomic E-state index is 0.522. The molecule has 0 bridgehead atoms. The zero-order chi connectivity index (χ0) is 12.5. The van der Waals surface area contributed by atoms with Gasteiger partial charge in [-0.2, -0.15) is 0 Å². The lowest BCUT2D eigenvalue weighted by atomic mass is 9.75. The molecule has 0 saturated carbocycles. The van der Waals surface area contributed by atoms with Gasteiger partial charge in [0.25, 0.3) is 0 Å². The molecule has 1 aliphatic heterocycles. The van der Waals surface area contributed by atoms with Gasteiger partial charge < -0.3 is 15.4 Å². The number of ether oxygens (including phenoxy) is 1. The van der Waals surface area contributed by atoms with Crippen molar-refractivity contribution < 1.29 is 4.74 Å². The van der Waals surface area contributed by atoms with E-state index in [0.717, 1.165) is 18.8 Å². The summed E-state index contributed by atoms with van der Waals surface area (Å²) >= 11 is 0. The highest BCUT2D eigenvalue weighted by Crippen LogP contribution is 2.41. The molecule has 17 heavy (non-hydrogen) atoms. The van der Waals surface area contributed by atoms with E-state index in [0.29, 0.717) is 11.1 Å². The fourth-order valence-corrected chi connectivity index (χ4v) is 2.54. The molecule has 0 unspecified atom stereocenters. The van der Waals surface area contributed by atoms with Gasteiger partial charge in [0.2, 0.25) is 0 Å². The van der Waals surface area contributed by atoms with E-state index in [1.165, 1.54) is 18.5 Å². The summed E-state index contributed by atoms with van der Waals surface area (Å²) in [6.07, 6.45) is 2.51. The van der Waals surface area contributed by atoms with E-state index in [-0.39, 0.29) is 0 Å². The van der Waals surface area contributed by atoms with E-state index in [1.807, 2.05) is 12.1 Å². The second kappa shape index (κ2) is 4.47. The summed E-state index contributed by atoms with van der Waals surface area (Å²) < 4.78 is 5.26. The molecular weight excluding hydrogens is 212 g/mol. The van der Waals surface area contributed by atoms with Crippen LogP contribution in [0.25, 0.3) is 0 Å². The van der Waals surface area contributed by atoms with E-state index in [4.69, 9.17) is 10.5 Å². The van der Waals surface area contributed by atoms with E-state index in [1.54, 1.807) is 7.11 Å². The van der Waals surface area contributed by atoms with Gasteiger partial charge in [-0.25, -0.2) is 0 Å². The number of anilines is 2. The molecule has 3 nitrogen and oxygen atoms in total. The first kappa shape index (κ1) is 12.1. The normalized spacial score (nSPS) is 17.7. The van der Waals surface area contributed by atoms with Crippen LogP contribution in [0.1, 0.15) is 26.7 Å². The molecule has 94 valence electrons. The lowest BCUT2D eigenvalue weighted by molar-refractivity contribution is 0.194. The van der Waals surface area contributed by atoms with Crippen molar-refractivity contribution in [1.29, 1.82) is 0 Å². The predicted octanol–water partition coefficient (Wildman–Crippen LogP) is 2.90. The van der Waals surface area contributed by atoms with Crippen LogP contribution in [0.4, 0.5) is 11.4 Å². The van der Waals surface area contributed by atoms with Crippen LogP contribution in [-0.4, -0.2) is 20.2 Å². The summed E-state index contributed by atoms with van der Waals surface area (Å²) in [7, 11) is 1.66. The van der Waals surface area contributed by atoms with Crippen LogP contribution < -0.4 is 15.4 Å². The summed E-state index contributed by atoms with van der Waals surface area (Å²) in [6.45, 7) is 6.86. The summed E-state index contributed by atoms with van der Waals surface area (Å²) in [6, 6.07) is 6.03. The highest BCUT2D eigenvalue weighted by atomic mass is 16.5. The lowest BCUT2D eigenvalue weighted by Crippen LogP contribution is -2.55. The minimum Gasteiger partial charge on any atom is -0.495 e. The van der Waals surface area contributed by atoms with E-state index in [9.17, 15) is 0 Å². The number of hydrogen-bond donors (Lipinski definition) is 1. The summed E-state index contributed by atoms with van der Waals surface area (Å²) in [5, 5.41) is 0. The van der Waals surface area contributed by atoms with E-state index in [2.05, 4.69) is 24.8 Å². The first-order valence-electron chi connectivity index (χ1n) is 6.32. The molecule has 1 saturated heterocycles. The van der Waals surface area contributed by atoms with Crippen molar-refractivity contribution >= 4 is 11.4 Å². The molecule has 0 atom stereocenters. The zero-order valence-electron chi connectivity index (χ0n) is 11.0. The Morgan fingerprint density at radius 2 is 1.94 bits per heavy atom. The van der Waals surface area contributed by atoms with Crippen molar-refractivity contribution in [1.82, 2.24) is 0 Å². The molecule has 1 aromatic carbocycles. The Morgan fingerprint density at radius 1 is 1.29 bits per heavy atom. The van der Waals surface area contributed by atoms with Crippen LogP contribution in [0.3, 0.4) is 0 Å². The van der Waals surface area contributed by atoms with Crippen molar-refractivity contribution in [2.45, 2.75) is 26.7 Å². The van der Waals surface area contributed by atoms with Crippen molar-refractivity contribution in [3.63, 3.8) is 0 Å². The monoisotopic (exact) mass is 234 g/mol. The number of hydrogen-bond acceptors (Lipinski definition) is 3. The second-order valence-electron chi connectivity index (χ2n) is 4.99. The van der Waals surface area contributed by atoms with Gasteiger partial charge in [0, 0.05) is 30.3 Å². The van der Waals surface area contributed by atoms with Gasteiger partial charge in [-0.15, -0.1) is 0 Å². The van der Waals surface area contributed by atoms with Crippen molar-refractivity contribution in [3.05, 3.63) is 18.2 Å². The topological polar surface area (TPSA) is 38.5 Å². The SMILES string of the molecule is CCC1(CC)CN(c2ccc(N)c(OC)c2)C1. The van der Waals surface area contributed by atoms with Gasteiger partial charge >= 0.3 is 0 Å². The first-order valence-corrected chi connectivity index (χ1v) is 6.32. The molecular formula is C14H22N2O. The molecule has 0 radical (unpaired) electrons. The van der Waals surface area contributed by atoms with Gasteiger partial charge in [-0.05, 0) is 25.0 Å². The average Bonchev–Trinajstić information content (AvgIpc) is 2.31. The van der Waals surface area contributed by atoms with Gasteiger partial charge in [-0.3, -0.25) is 0 Å². The quantitative estimate of drug-likeness (QED) is 0.814. The lowest BCUT2D eigenvalue weighted by Gasteiger charge is -2.51. The molecule has 3 heteroatoms. The summed E-state index contributed by atoms with van der Waals surface area (Å²) in [4.78, 5) is 2.40. The molecule has 2 rings (SSSR count). The first-order chi connectivity index (χ1) is 8.14. The number of methoxy groups -OCH3 is 1. The Morgan fingerprint density at radius 3 is 2.47 bits per heavy atom. The molecule has 2 N–H and O–H groups in total. The third-order valence-corrected chi connectivity index (χ3v) is 4.13. The zero-order valence-corrected chi connectivity index (χ0v) is 11.0. The molecule has 1 aromatic rings. The van der Waals surface area contributed by atoms with Gasteiger partial charge in [-0.1, -0.05) is 13.8 Å². The number of benzene rings is 1. The van der Waals surface area contributed by atoms with E-state index >= 15 is 0 Å². The molecule has 0 aliphatic carbocycles. The number of nitrogen functional groups attached to an aromatic ring is 1. The third-order valence-electron chi connectivity index (χ3n) is 4.13. The highest BCUT2D eigenvalue weighted by molar-refractivity contribution is 5.63. The van der Waals surface area contributed by atoms with Gasteiger partial charge in [0.15, 0.2) is 0 Å². The molecule has 1 fully saturated rings. The van der Waals surface area contributed by atoms with Crippen molar-refractivity contribution in [3.8, 4) is 5.75 Å². The summed E-state index contributed by atoms with van der Waals surface area (Å²) in [5.41, 5.74) is 8.26. The average molecular weight is 234 g/mol. The number of nitrogens with two attached hydrogens (primary N) is 1. The molecule has 0 spiro atoms. The maximum atomic E-state index is 5.82. The highest BCUT2D eigenvalue weighted by Gasteiger charge is 2.39. The largest absolute Gasteiger partial charge is 0.495 e. The minimum absolute atomic E-state index is 0.522. The van der Waals surface area contributed by atoms with Crippen molar-refractivity contribution in [2.24, 2.45) is 5.41 Å². The van der Waals surface area contributed by atoms with Crippen LogP contribution >= 0.6 is 0 Å². The van der Waals surface area contributed by atoms with E-state index < -0.39 is 0 Å². The Labute approximate surface area is 104 Å². The molecule has 1 heterocycles. The maximum absolute atomic E-state index is 5.82. The van der Waals surface area contributed by atoms with Crippen LogP contribution in [-0.2, 0) is 0 Å². The van der Waals surface area contributed by atoms with Crippen LogP contribution in [0.2, 0.25) is 0 Å². The van der Waals surface area contributed by atoms with Crippen LogP contribution in [0.15, 0.2) is 18.2 Å². The Bertz CT molecular complexity index is 391. The smallest absolute Gasteiger partial charge is 0.143 e. The Balaban J connectivity index is 2.11. The molecule has 0 aromatic heterocycles. The third kappa shape index (κ3) is 2.06. The predicted molar refractivity (Wildman–Crippen MR) is 72.6 cm³/mol. The summed E-state index contributed by atoms with van der Waals surface area (Å²) in [5.74, 6) is 0.771. The van der Waals surface area contributed by atoms with Gasteiger partial charge in [0.05, 0.1) is 12.8 Å². The van der Waals surface area contributed by atoms with Crippen LogP contribution in [0.5, 0.6) is 5.75 Å². The van der Waals surface area contributed by atoms with Gasteiger partial charge in [0.1, 0.15) is 5.75 Å². The Kier molecular flexibility index (Phi) is 3.18. The fraction of sp³-hybridized carbons (Fsp3) is 0.571.